The van der Waals surface area contributed by atoms with Gasteiger partial charge in [0.15, 0.2) is 0 Å². The zero-order valence-electron chi connectivity index (χ0n) is 49.3. The zero-order chi connectivity index (χ0) is 51.8. The molecule has 0 aliphatic rings. The molecular formula is C71H118N2Ni. The standard InChI is InChI=1S/C71H118N2.Ni/c1-4-7-10-12-14-16-18-20-22-24-26-28-30-32-34-36-38-40-42-44-46-48-50-53-59-67-61-55-57-64-70(67)72-66-69(63-52-9-6-3)73-71-65-58-56-62-68(71)60-54-51-49-47-45-43-41-39-37-35-33-31-29-27-25-23-21-19-17-15-13-11-8-5-2;/h55-58,61-62,64-66H,4-45,50-54,59-60,63H2,1-3H3;/b72-66+,73-69-;. The zero-order valence-corrected chi connectivity index (χ0v) is 50.2. The second kappa shape index (κ2) is 56.6. The van der Waals surface area contributed by atoms with Crippen LogP contribution in [0, 0.1) is 23.7 Å². The molecule has 0 bridgehead atoms. The fraction of sp³-hybridized carbons (Fsp3) is 0.746. The monoisotopic (exact) mass is 1060 g/mol. The Morgan fingerprint density at radius 3 is 0.946 bits per heavy atom. The Hall–Kier alpha value is -2.61. The molecule has 2 nitrogen and oxygen atoms in total. The summed E-state index contributed by atoms with van der Waals surface area (Å²) < 4.78 is 0. The molecule has 74 heavy (non-hydrogen) atoms. The van der Waals surface area contributed by atoms with Gasteiger partial charge in [-0.15, -0.1) is 23.7 Å². The predicted octanol–water partition coefficient (Wildman–Crippen LogP) is 24.0. The molecule has 0 unspecified atom stereocenters. The Bertz CT molecular complexity index is 1680. The van der Waals surface area contributed by atoms with Gasteiger partial charge in [-0.2, -0.15) is 0 Å². The number of unbranched alkanes of at least 4 members (excludes halogenated alkanes) is 42. The van der Waals surface area contributed by atoms with Crippen molar-refractivity contribution in [3.63, 3.8) is 0 Å². The minimum Gasteiger partial charge on any atom is -0.255 e. The fourth-order valence-corrected chi connectivity index (χ4v) is 10.4. The Kier molecular flexibility index (Phi) is 53.1. The third-order valence-electron chi connectivity index (χ3n) is 15.2. The van der Waals surface area contributed by atoms with Crippen molar-refractivity contribution in [1.82, 2.24) is 0 Å². The van der Waals surface area contributed by atoms with Gasteiger partial charge < -0.3 is 0 Å². The van der Waals surface area contributed by atoms with E-state index in [9.17, 15) is 0 Å². The molecule has 2 rings (SSSR count). The van der Waals surface area contributed by atoms with Crippen molar-refractivity contribution in [2.75, 3.05) is 0 Å². The van der Waals surface area contributed by atoms with Crippen molar-refractivity contribution in [2.24, 2.45) is 9.98 Å². The molecule has 0 amide bonds. The van der Waals surface area contributed by atoms with Crippen LogP contribution in [-0.2, 0) is 29.3 Å². The molecule has 0 fully saturated rings. The topological polar surface area (TPSA) is 24.7 Å². The Labute approximate surface area is 472 Å². The summed E-state index contributed by atoms with van der Waals surface area (Å²) in [5.74, 6) is 13.9. The quantitative estimate of drug-likeness (QED) is 0.0273. The summed E-state index contributed by atoms with van der Waals surface area (Å²) in [4.78, 5) is 10.3. The smallest absolute Gasteiger partial charge is 0.0665 e. The average Bonchev–Trinajstić information content (AvgIpc) is 3.41. The largest absolute Gasteiger partial charge is 0.255 e. The van der Waals surface area contributed by atoms with Gasteiger partial charge in [-0.3, -0.25) is 9.98 Å². The maximum absolute atomic E-state index is 5.26. The maximum atomic E-state index is 5.26. The fourth-order valence-electron chi connectivity index (χ4n) is 10.4. The minimum absolute atomic E-state index is 0. The van der Waals surface area contributed by atoms with Gasteiger partial charge in [-0.05, 0) is 74.6 Å². The van der Waals surface area contributed by atoms with Gasteiger partial charge in [0.25, 0.3) is 0 Å². The van der Waals surface area contributed by atoms with E-state index in [1.165, 1.54) is 268 Å². The molecule has 3 heteroatoms. The van der Waals surface area contributed by atoms with E-state index in [0.717, 1.165) is 81.3 Å². The first-order valence-corrected chi connectivity index (χ1v) is 32.5. The molecule has 0 aliphatic carbocycles. The summed E-state index contributed by atoms with van der Waals surface area (Å²) in [7, 11) is 0. The molecular weight excluding hydrogens is 939 g/mol. The average molecular weight is 1060 g/mol. The molecule has 2 aromatic rings. The Balaban J connectivity index is 0.0000274. The number of aliphatic imine (C=N–C) groups is 2. The van der Waals surface area contributed by atoms with Crippen molar-refractivity contribution in [2.45, 2.75) is 342 Å². The van der Waals surface area contributed by atoms with Gasteiger partial charge in [0.05, 0.1) is 17.1 Å². The van der Waals surface area contributed by atoms with Crippen LogP contribution in [0.5, 0.6) is 0 Å². The second-order valence-corrected chi connectivity index (χ2v) is 22.2. The predicted molar refractivity (Wildman–Crippen MR) is 330 cm³/mol. The first-order chi connectivity index (χ1) is 36.3. The second-order valence-electron chi connectivity index (χ2n) is 22.2. The summed E-state index contributed by atoms with van der Waals surface area (Å²) in [5.41, 5.74) is 5.87. The summed E-state index contributed by atoms with van der Waals surface area (Å²) in [6.07, 6.45) is 68.9. The number of nitrogens with zero attached hydrogens (tertiary/aromatic N) is 2. The third kappa shape index (κ3) is 44.5. The summed E-state index contributed by atoms with van der Waals surface area (Å²) >= 11 is 0. The molecule has 422 valence electrons. The van der Waals surface area contributed by atoms with Crippen LogP contribution in [0.25, 0.3) is 0 Å². The summed E-state index contributed by atoms with van der Waals surface area (Å²) in [6.45, 7) is 6.88. The molecule has 0 aromatic heterocycles. The van der Waals surface area contributed by atoms with Crippen molar-refractivity contribution in [3.8, 4) is 23.7 Å². The maximum Gasteiger partial charge on any atom is 0.0665 e. The first kappa shape index (κ1) is 69.4. The van der Waals surface area contributed by atoms with Gasteiger partial charge in [0.1, 0.15) is 0 Å². The molecule has 0 atom stereocenters. The van der Waals surface area contributed by atoms with E-state index in [0.29, 0.717) is 0 Å². The first-order valence-electron chi connectivity index (χ1n) is 32.5. The normalized spacial score (nSPS) is 11.4. The van der Waals surface area contributed by atoms with Gasteiger partial charge in [-0.25, -0.2) is 0 Å². The Morgan fingerprint density at radius 1 is 0.324 bits per heavy atom. The van der Waals surface area contributed by atoms with Gasteiger partial charge in [-0.1, -0.05) is 301 Å². The molecule has 0 radical (unpaired) electrons. The number of aryl methyl sites for hydroxylation is 2. The van der Waals surface area contributed by atoms with E-state index in [2.05, 4.69) is 99.2 Å². The molecule has 0 N–H and O–H groups in total. The SMILES string of the molecule is CCCCCCCCCCCCCCCCCCCCCC#CCCCc1ccccc1/N=C(\C=N\c1ccccc1CCCC#CCCCCCCCCCCCCCCCCCCCCC)CCCCC.[Ni]. The van der Waals surface area contributed by atoms with Crippen LogP contribution in [0.15, 0.2) is 58.5 Å². The number of rotatable bonds is 51. The number of hydrogen-bond donors (Lipinski definition) is 0. The van der Waals surface area contributed by atoms with E-state index in [4.69, 9.17) is 9.98 Å². The van der Waals surface area contributed by atoms with Crippen LogP contribution in [0.2, 0.25) is 0 Å². The molecule has 0 saturated heterocycles. The molecule has 2 aromatic carbocycles. The molecule has 0 spiro atoms. The van der Waals surface area contributed by atoms with E-state index < -0.39 is 0 Å². The van der Waals surface area contributed by atoms with Crippen molar-refractivity contribution in [3.05, 3.63) is 59.7 Å². The van der Waals surface area contributed by atoms with E-state index in [1.54, 1.807) is 0 Å². The van der Waals surface area contributed by atoms with E-state index >= 15 is 0 Å². The van der Waals surface area contributed by atoms with Crippen LogP contribution in [0.3, 0.4) is 0 Å². The third-order valence-corrected chi connectivity index (χ3v) is 15.2. The van der Waals surface area contributed by atoms with Crippen molar-refractivity contribution >= 4 is 23.3 Å². The summed E-state index contributed by atoms with van der Waals surface area (Å²) in [6, 6.07) is 17.4. The summed E-state index contributed by atoms with van der Waals surface area (Å²) in [5, 5.41) is 0. The molecule has 0 saturated carbocycles. The van der Waals surface area contributed by atoms with E-state index in [1.807, 2.05) is 0 Å². The van der Waals surface area contributed by atoms with Crippen LogP contribution in [0.4, 0.5) is 11.4 Å². The number of para-hydroxylation sites is 2. The number of benzene rings is 2. The molecule has 0 aliphatic heterocycles. The van der Waals surface area contributed by atoms with Crippen LogP contribution < -0.4 is 0 Å². The van der Waals surface area contributed by atoms with Crippen molar-refractivity contribution < 1.29 is 16.5 Å². The van der Waals surface area contributed by atoms with Crippen LogP contribution in [-0.4, -0.2) is 11.9 Å². The minimum atomic E-state index is 0. The molecule has 0 heterocycles. The van der Waals surface area contributed by atoms with Crippen molar-refractivity contribution in [1.29, 1.82) is 0 Å². The van der Waals surface area contributed by atoms with Crippen LogP contribution in [0.1, 0.15) is 340 Å². The van der Waals surface area contributed by atoms with Gasteiger partial charge in [0.2, 0.25) is 0 Å². The van der Waals surface area contributed by atoms with Gasteiger partial charge in [0, 0.05) is 48.4 Å². The van der Waals surface area contributed by atoms with Gasteiger partial charge >= 0.3 is 0 Å². The number of hydrogen-bond acceptors (Lipinski definition) is 2. The van der Waals surface area contributed by atoms with Crippen LogP contribution >= 0.6 is 0 Å². The Morgan fingerprint density at radius 2 is 0.595 bits per heavy atom. The van der Waals surface area contributed by atoms with E-state index in [-0.39, 0.29) is 16.5 Å².